The van der Waals surface area contributed by atoms with Crippen molar-refractivity contribution in [1.29, 1.82) is 0 Å². The summed E-state index contributed by atoms with van der Waals surface area (Å²) in [4.78, 5) is 11.3. The number of carbonyl (C=O) groups is 1. The van der Waals surface area contributed by atoms with Crippen molar-refractivity contribution in [3.63, 3.8) is 0 Å². The molecule has 3 saturated carbocycles. The van der Waals surface area contributed by atoms with Crippen molar-refractivity contribution in [3.05, 3.63) is 35.4 Å². The van der Waals surface area contributed by atoms with E-state index in [0.717, 1.165) is 36.4 Å². The van der Waals surface area contributed by atoms with Crippen LogP contribution in [0, 0.1) is 23.2 Å². The molecule has 0 radical (unpaired) electrons. The van der Waals surface area contributed by atoms with Crippen LogP contribution in [0.3, 0.4) is 0 Å². The second-order valence-electron chi connectivity index (χ2n) is 9.51. The summed E-state index contributed by atoms with van der Waals surface area (Å²) in [5.74, 6) is 3.01. The van der Waals surface area contributed by atoms with Gasteiger partial charge in [-0.15, -0.1) is 0 Å². The summed E-state index contributed by atoms with van der Waals surface area (Å²) in [6, 6.07) is 8.31. The zero-order chi connectivity index (χ0) is 18.7. The van der Waals surface area contributed by atoms with Gasteiger partial charge >= 0.3 is 5.97 Å². The summed E-state index contributed by atoms with van der Waals surface area (Å²) in [7, 11) is 1.44. The van der Waals surface area contributed by atoms with Gasteiger partial charge in [0.15, 0.2) is 0 Å². The number of rotatable bonds is 8. The van der Waals surface area contributed by atoms with E-state index in [2.05, 4.69) is 17.4 Å². The van der Waals surface area contributed by atoms with Gasteiger partial charge in [-0.05, 0) is 79.4 Å². The first-order valence-corrected chi connectivity index (χ1v) is 11.0. The first-order chi connectivity index (χ1) is 13.2. The van der Waals surface area contributed by atoms with Crippen LogP contribution in [-0.4, -0.2) is 19.6 Å². The molecular weight excluding hydrogens is 334 g/mol. The molecule has 3 fully saturated rings. The van der Waals surface area contributed by atoms with E-state index in [9.17, 15) is 4.79 Å². The van der Waals surface area contributed by atoms with Gasteiger partial charge in [0.2, 0.25) is 0 Å². The molecule has 4 atom stereocenters. The van der Waals surface area contributed by atoms with Crippen LogP contribution in [0.4, 0.5) is 0 Å². The molecule has 0 aromatic heterocycles. The molecule has 3 heteroatoms. The Labute approximate surface area is 164 Å². The van der Waals surface area contributed by atoms with E-state index in [0.29, 0.717) is 11.8 Å². The molecule has 0 saturated heterocycles. The highest BCUT2D eigenvalue weighted by Gasteiger charge is 2.50. The minimum atomic E-state index is -0.179. The summed E-state index contributed by atoms with van der Waals surface area (Å²) in [5, 5.41) is 3.63. The lowest BCUT2D eigenvalue weighted by atomic mass is 9.67. The van der Waals surface area contributed by atoms with Gasteiger partial charge in [-0.25, -0.2) is 0 Å². The standard InChI is InChI=1S/C24H35NO2/c1-27-23(26)13-18-6-8-19(9-7-18)17-25-11-3-10-24-14-20-4-2-5-21(15-24)22(12-20)16-24/h6-9,20-22,25H,2-5,10-17H2,1H3. The molecule has 4 rings (SSSR count). The maximum Gasteiger partial charge on any atom is 0.309 e. The fourth-order valence-electron chi connectivity index (χ4n) is 6.46. The topological polar surface area (TPSA) is 38.3 Å². The van der Waals surface area contributed by atoms with Crippen LogP contribution in [0.25, 0.3) is 0 Å². The SMILES string of the molecule is COC(=O)Cc1ccc(CNCCCC23CC4CCCC(C2)C(C4)C3)cc1. The van der Waals surface area contributed by atoms with Crippen LogP contribution in [0.1, 0.15) is 68.9 Å². The maximum absolute atomic E-state index is 11.3. The molecule has 0 amide bonds. The lowest BCUT2D eigenvalue weighted by Crippen LogP contribution is -2.28. The van der Waals surface area contributed by atoms with Crippen molar-refractivity contribution >= 4 is 5.97 Å². The molecule has 0 aliphatic heterocycles. The van der Waals surface area contributed by atoms with Gasteiger partial charge in [-0.3, -0.25) is 4.79 Å². The molecular formula is C24H35NO2. The summed E-state index contributed by atoms with van der Waals surface area (Å²) >= 11 is 0. The third kappa shape index (κ3) is 4.56. The average Bonchev–Trinajstić information content (AvgIpc) is 2.83. The van der Waals surface area contributed by atoms with Gasteiger partial charge in [0.25, 0.3) is 0 Å². The predicted molar refractivity (Wildman–Crippen MR) is 108 cm³/mol. The molecule has 4 unspecified atom stereocenters. The molecule has 3 nitrogen and oxygen atoms in total. The van der Waals surface area contributed by atoms with Crippen molar-refractivity contribution in [2.24, 2.45) is 23.2 Å². The van der Waals surface area contributed by atoms with Gasteiger partial charge < -0.3 is 10.1 Å². The fourth-order valence-corrected chi connectivity index (χ4v) is 6.46. The van der Waals surface area contributed by atoms with Crippen LogP contribution >= 0.6 is 0 Å². The lowest BCUT2D eigenvalue weighted by molar-refractivity contribution is -0.139. The number of fused-ring (bicyclic) bond motifs is 2. The normalized spacial score (nSPS) is 31.7. The smallest absolute Gasteiger partial charge is 0.309 e. The molecule has 3 bridgehead atoms. The van der Waals surface area contributed by atoms with Crippen molar-refractivity contribution in [2.75, 3.05) is 13.7 Å². The number of carbonyl (C=O) groups excluding carboxylic acids is 1. The fraction of sp³-hybridized carbons (Fsp3) is 0.708. The highest BCUT2D eigenvalue weighted by molar-refractivity contribution is 5.72. The third-order valence-corrected chi connectivity index (χ3v) is 7.59. The van der Waals surface area contributed by atoms with E-state index < -0.39 is 0 Å². The van der Waals surface area contributed by atoms with Gasteiger partial charge in [0, 0.05) is 6.54 Å². The Hall–Kier alpha value is -1.35. The Morgan fingerprint density at radius 2 is 1.89 bits per heavy atom. The van der Waals surface area contributed by atoms with E-state index in [-0.39, 0.29) is 5.97 Å². The number of benzene rings is 1. The molecule has 1 aromatic carbocycles. The Morgan fingerprint density at radius 1 is 1.11 bits per heavy atom. The van der Waals surface area contributed by atoms with Crippen molar-refractivity contribution in [3.8, 4) is 0 Å². The minimum Gasteiger partial charge on any atom is -0.469 e. The summed E-state index contributed by atoms with van der Waals surface area (Å²) in [5.41, 5.74) is 3.01. The zero-order valence-corrected chi connectivity index (χ0v) is 16.8. The lowest BCUT2D eigenvalue weighted by Gasteiger charge is -2.38. The van der Waals surface area contributed by atoms with Crippen molar-refractivity contribution in [2.45, 2.75) is 70.8 Å². The first kappa shape index (κ1) is 19.0. The van der Waals surface area contributed by atoms with Gasteiger partial charge in [-0.1, -0.05) is 43.5 Å². The zero-order valence-electron chi connectivity index (χ0n) is 16.8. The maximum atomic E-state index is 11.3. The molecule has 0 heterocycles. The van der Waals surface area contributed by atoms with E-state index in [4.69, 9.17) is 4.74 Å². The molecule has 0 spiro atoms. The Balaban J connectivity index is 1.18. The molecule has 148 valence electrons. The first-order valence-electron chi connectivity index (χ1n) is 11.0. The quantitative estimate of drug-likeness (QED) is 0.524. The largest absolute Gasteiger partial charge is 0.469 e. The molecule has 27 heavy (non-hydrogen) atoms. The number of nitrogens with one attached hydrogen (secondary N) is 1. The van der Waals surface area contributed by atoms with Crippen LogP contribution in [0.2, 0.25) is 0 Å². The van der Waals surface area contributed by atoms with Gasteiger partial charge in [0.05, 0.1) is 13.5 Å². The Morgan fingerprint density at radius 3 is 2.70 bits per heavy atom. The molecule has 3 aliphatic rings. The third-order valence-electron chi connectivity index (χ3n) is 7.59. The second-order valence-corrected chi connectivity index (χ2v) is 9.51. The van der Waals surface area contributed by atoms with Crippen LogP contribution in [0.5, 0.6) is 0 Å². The van der Waals surface area contributed by atoms with Crippen LogP contribution in [-0.2, 0) is 22.5 Å². The highest BCUT2D eigenvalue weighted by atomic mass is 16.5. The number of hydrogen-bond donors (Lipinski definition) is 1. The molecule has 1 N–H and O–H groups in total. The van der Waals surface area contributed by atoms with Crippen molar-refractivity contribution < 1.29 is 9.53 Å². The highest BCUT2D eigenvalue weighted by Crippen LogP contribution is 2.61. The number of esters is 1. The Kier molecular flexibility index (Phi) is 5.87. The van der Waals surface area contributed by atoms with Gasteiger partial charge in [0.1, 0.15) is 0 Å². The van der Waals surface area contributed by atoms with E-state index in [1.54, 1.807) is 6.42 Å². The van der Waals surface area contributed by atoms with E-state index in [1.165, 1.54) is 64.0 Å². The number of ether oxygens (including phenoxy) is 1. The summed E-state index contributed by atoms with van der Waals surface area (Å²) < 4.78 is 4.72. The summed E-state index contributed by atoms with van der Waals surface area (Å²) in [6.45, 7) is 2.03. The molecule has 3 aliphatic carbocycles. The van der Waals surface area contributed by atoms with Crippen molar-refractivity contribution in [1.82, 2.24) is 5.32 Å². The summed E-state index contributed by atoms with van der Waals surface area (Å²) in [6.07, 6.45) is 13.8. The van der Waals surface area contributed by atoms with E-state index >= 15 is 0 Å². The van der Waals surface area contributed by atoms with E-state index in [1.807, 2.05) is 12.1 Å². The molecule has 1 aromatic rings. The monoisotopic (exact) mass is 369 g/mol. The van der Waals surface area contributed by atoms with Gasteiger partial charge in [-0.2, -0.15) is 0 Å². The minimum absolute atomic E-state index is 0.179. The average molecular weight is 370 g/mol. The van der Waals surface area contributed by atoms with Crippen LogP contribution < -0.4 is 5.32 Å². The van der Waals surface area contributed by atoms with Crippen LogP contribution in [0.15, 0.2) is 24.3 Å². The predicted octanol–water partition coefficient (Wildman–Crippen LogP) is 4.88. The number of methoxy groups -OCH3 is 1. The Bertz CT molecular complexity index is 636. The second kappa shape index (κ2) is 8.34. The number of hydrogen-bond acceptors (Lipinski definition) is 3.